The lowest BCUT2D eigenvalue weighted by atomic mass is 9.70. The van der Waals surface area contributed by atoms with Crippen molar-refractivity contribution >= 4 is 0 Å². The number of hydrogen-bond donors (Lipinski definition) is 0. The first-order chi connectivity index (χ1) is 8.80. The molecule has 0 aromatic carbocycles. The lowest BCUT2D eigenvalue weighted by Crippen LogP contribution is -2.25. The standard InChI is InChI=1S/C16H18N2/c17-10-16(11-18)9-8-12-4-1-2-5-13(12)14-6-3-7-15(14)16/h7-8,13-14H,1-6,9H2/t13?,14-/m1/s1. The van der Waals surface area contributed by atoms with Crippen molar-refractivity contribution in [3.05, 3.63) is 23.3 Å². The number of allylic oxidation sites excluding steroid dienone is 4. The lowest BCUT2D eigenvalue weighted by molar-refractivity contribution is 0.338. The summed E-state index contributed by atoms with van der Waals surface area (Å²) in [5.74, 6) is 1.09. The summed E-state index contributed by atoms with van der Waals surface area (Å²) in [7, 11) is 0. The molecule has 0 aromatic rings. The molecule has 2 heteroatoms. The molecule has 0 radical (unpaired) electrons. The van der Waals surface area contributed by atoms with Crippen molar-refractivity contribution in [2.45, 2.75) is 44.9 Å². The van der Waals surface area contributed by atoms with Gasteiger partial charge in [0.1, 0.15) is 0 Å². The molecule has 0 aromatic heterocycles. The Morgan fingerprint density at radius 2 is 1.89 bits per heavy atom. The van der Waals surface area contributed by atoms with Gasteiger partial charge in [0, 0.05) is 6.42 Å². The monoisotopic (exact) mass is 238 g/mol. The van der Waals surface area contributed by atoms with Crippen LogP contribution in [-0.4, -0.2) is 0 Å². The molecule has 0 aliphatic heterocycles. The molecule has 0 N–H and O–H groups in total. The predicted molar refractivity (Wildman–Crippen MR) is 69.1 cm³/mol. The second-order valence-corrected chi connectivity index (χ2v) is 5.81. The molecule has 3 rings (SSSR count). The maximum Gasteiger partial charge on any atom is 0.168 e. The molecule has 2 nitrogen and oxygen atoms in total. The number of nitriles is 2. The van der Waals surface area contributed by atoms with Crippen molar-refractivity contribution in [3.8, 4) is 12.1 Å². The summed E-state index contributed by atoms with van der Waals surface area (Å²) in [6, 6.07) is 4.63. The van der Waals surface area contributed by atoms with Gasteiger partial charge in [-0.15, -0.1) is 0 Å². The Labute approximate surface area is 109 Å². The van der Waals surface area contributed by atoms with Gasteiger partial charge in [0.15, 0.2) is 5.41 Å². The molecule has 1 unspecified atom stereocenters. The molecule has 0 saturated heterocycles. The fourth-order valence-corrected chi connectivity index (χ4v) is 4.06. The van der Waals surface area contributed by atoms with E-state index in [-0.39, 0.29) is 0 Å². The number of hydrogen-bond acceptors (Lipinski definition) is 2. The average molecular weight is 238 g/mol. The first kappa shape index (κ1) is 11.5. The fraction of sp³-hybridized carbons (Fsp3) is 0.625. The second-order valence-electron chi connectivity index (χ2n) is 5.81. The molecule has 1 saturated carbocycles. The summed E-state index contributed by atoms with van der Waals surface area (Å²) in [6.07, 6.45) is 12.2. The quantitative estimate of drug-likeness (QED) is 0.601. The van der Waals surface area contributed by atoms with Gasteiger partial charge < -0.3 is 0 Å². The maximum atomic E-state index is 9.50. The average Bonchev–Trinajstić information content (AvgIpc) is 2.86. The third kappa shape index (κ3) is 1.52. The van der Waals surface area contributed by atoms with E-state index in [9.17, 15) is 10.5 Å². The van der Waals surface area contributed by atoms with Gasteiger partial charge in [-0.3, -0.25) is 0 Å². The highest BCUT2D eigenvalue weighted by Gasteiger charge is 2.45. The van der Waals surface area contributed by atoms with Crippen LogP contribution < -0.4 is 0 Å². The van der Waals surface area contributed by atoms with Crippen molar-refractivity contribution in [1.29, 1.82) is 10.5 Å². The molecule has 1 fully saturated rings. The van der Waals surface area contributed by atoms with Gasteiger partial charge in [-0.2, -0.15) is 10.5 Å². The van der Waals surface area contributed by atoms with E-state index < -0.39 is 5.41 Å². The molecule has 18 heavy (non-hydrogen) atoms. The van der Waals surface area contributed by atoms with Crippen LogP contribution in [0.25, 0.3) is 0 Å². The molecule has 92 valence electrons. The summed E-state index contributed by atoms with van der Waals surface area (Å²) in [5, 5.41) is 19.0. The van der Waals surface area contributed by atoms with Crippen LogP contribution in [0.4, 0.5) is 0 Å². The predicted octanol–water partition coefficient (Wildman–Crippen LogP) is 3.88. The molecule has 0 amide bonds. The Hall–Kier alpha value is -1.54. The minimum absolute atomic E-state index is 0.471. The van der Waals surface area contributed by atoms with E-state index >= 15 is 0 Å². The zero-order valence-electron chi connectivity index (χ0n) is 10.7. The summed E-state index contributed by atoms with van der Waals surface area (Å²) < 4.78 is 0. The van der Waals surface area contributed by atoms with Crippen LogP contribution in [0.3, 0.4) is 0 Å². The highest BCUT2D eigenvalue weighted by atomic mass is 14.5. The maximum absolute atomic E-state index is 9.50. The van der Waals surface area contributed by atoms with Gasteiger partial charge in [0.2, 0.25) is 0 Å². The largest absolute Gasteiger partial charge is 0.196 e. The molecular weight excluding hydrogens is 220 g/mol. The van der Waals surface area contributed by atoms with Crippen LogP contribution in [0, 0.1) is 39.9 Å². The van der Waals surface area contributed by atoms with Gasteiger partial charge >= 0.3 is 0 Å². The van der Waals surface area contributed by atoms with Crippen molar-refractivity contribution < 1.29 is 0 Å². The zero-order chi connectivity index (χ0) is 12.6. The third-order valence-electron chi connectivity index (χ3n) is 4.98. The van der Waals surface area contributed by atoms with Gasteiger partial charge in [-0.25, -0.2) is 0 Å². The first-order valence-corrected chi connectivity index (χ1v) is 7.03. The fourth-order valence-electron chi connectivity index (χ4n) is 4.06. The van der Waals surface area contributed by atoms with Gasteiger partial charge in [-0.05, 0) is 49.5 Å². The molecule has 0 spiro atoms. The SMILES string of the molecule is N#CC1(C#N)CC=C2CCCCC2[C@H]2CCC=C21. The lowest BCUT2D eigenvalue weighted by Gasteiger charge is -2.32. The number of rotatable bonds is 0. The van der Waals surface area contributed by atoms with E-state index in [1.165, 1.54) is 31.3 Å². The van der Waals surface area contributed by atoms with E-state index in [1.807, 2.05) is 0 Å². The molecule has 3 aliphatic carbocycles. The molecule has 0 bridgehead atoms. The number of fused-ring (bicyclic) bond motifs is 3. The summed E-state index contributed by atoms with van der Waals surface area (Å²) in [5.41, 5.74) is 1.81. The Balaban J connectivity index is 2.07. The van der Waals surface area contributed by atoms with Crippen LogP contribution in [0.1, 0.15) is 44.9 Å². The minimum Gasteiger partial charge on any atom is -0.196 e. The van der Waals surface area contributed by atoms with Crippen LogP contribution in [0.5, 0.6) is 0 Å². The smallest absolute Gasteiger partial charge is 0.168 e. The van der Waals surface area contributed by atoms with Crippen molar-refractivity contribution in [2.75, 3.05) is 0 Å². The topological polar surface area (TPSA) is 47.6 Å². The first-order valence-electron chi connectivity index (χ1n) is 7.03. The number of nitrogens with zero attached hydrogens (tertiary/aromatic N) is 2. The van der Waals surface area contributed by atoms with Crippen LogP contribution >= 0.6 is 0 Å². The van der Waals surface area contributed by atoms with Crippen molar-refractivity contribution in [2.24, 2.45) is 17.3 Å². The Kier molecular flexibility index (Phi) is 2.75. The van der Waals surface area contributed by atoms with Crippen molar-refractivity contribution in [1.82, 2.24) is 0 Å². The van der Waals surface area contributed by atoms with Crippen LogP contribution in [0.2, 0.25) is 0 Å². The molecule has 2 atom stereocenters. The van der Waals surface area contributed by atoms with Crippen molar-refractivity contribution in [3.63, 3.8) is 0 Å². The van der Waals surface area contributed by atoms with Crippen LogP contribution in [0.15, 0.2) is 23.3 Å². The van der Waals surface area contributed by atoms with E-state index in [4.69, 9.17) is 0 Å². The summed E-state index contributed by atoms with van der Waals surface area (Å²) in [4.78, 5) is 0. The van der Waals surface area contributed by atoms with Gasteiger partial charge in [0.05, 0.1) is 12.1 Å². The van der Waals surface area contributed by atoms with E-state index in [2.05, 4.69) is 24.3 Å². The summed E-state index contributed by atoms with van der Waals surface area (Å²) >= 11 is 0. The minimum atomic E-state index is -0.870. The highest BCUT2D eigenvalue weighted by Crippen LogP contribution is 2.52. The normalized spacial score (nSPS) is 33.0. The Morgan fingerprint density at radius 1 is 1.06 bits per heavy atom. The van der Waals surface area contributed by atoms with E-state index in [0.29, 0.717) is 18.3 Å². The Morgan fingerprint density at radius 3 is 2.67 bits per heavy atom. The summed E-state index contributed by atoms with van der Waals surface area (Å²) in [6.45, 7) is 0. The zero-order valence-corrected chi connectivity index (χ0v) is 10.7. The second kappa shape index (κ2) is 4.29. The third-order valence-corrected chi connectivity index (χ3v) is 4.98. The molecular formula is C16H18N2. The van der Waals surface area contributed by atoms with Gasteiger partial charge in [0.25, 0.3) is 0 Å². The van der Waals surface area contributed by atoms with Gasteiger partial charge in [-0.1, -0.05) is 24.1 Å². The van der Waals surface area contributed by atoms with E-state index in [1.54, 1.807) is 0 Å². The Bertz CT molecular complexity index is 484. The van der Waals surface area contributed by atoms with Crippen LogP contribution in [-0.2, 0) is 0 Å². The molecule has 3 aliphatic rings. The molecule has 0 heterocycles. The highest BCUT2D eigenvalue weighted by molar-refractivity contribution is 5.41. The van der Waals surface area contributed by atoms with E-state index in [0.717, 1.165) is 18.4 Å².